The van der Waals surface area contributed by atoms with Crippen LogP contribution in [-0.2, 0) is 0 Å². The first-order valence-electron chi connectivity index (χ1n) is 6.27. The van der Waals surface area contributed by atoms with Crippen LogP contribution in [0.4, 0.5) is 5.95 Å². The number of imidazole rings is 1. The van der Waals surface area contributed by atoms with Crippen molar-refractivity contribution in [2.75, 3.05) is 12.4 Å². The molecule has 0 aliphatic carbocycles. The van der Waals surface area contributed by atoms with E-state index in [1.165, 1.54) is 19.3 Å². The highest BCUT2D eigenvalue weighted by Gasteiger charge is 2.10. The zero-order valence-corrected chi connectivity index (χ0v) is 11.2. The fraction of sp³-hybridized carbons (Fsp3) is 0.769. The number of anilines is 1. The van der Waals surface area contributed by atoms with Gasteiger partial charge in [0.05, 0.1) is 5.69 Å². The SMILES string of the molecule is CNc1nc(C)cn1C(C)CCCC(C)C. The van der Waals surface area contributed by atoms with Crippen LogP contribution in [0.2, 0.25) is 0 Å². The number of hydrogen-bond donors (Lipinski definition) is 1. The molecule has 0 radical (unpaired) electrons. The van der Waals surface area contributed by atoms with Gasteiger partial charge in [-0.3, -0.25) is 0 Å². The molecule has 1 N–H and O–H groups in total. The van der Waals surface area contributed by atoms with E-state index in [4.69, 9.17) is 0 Å². The lowest BCUT2D eigenvalue weighted by molar-refractivity contribution is 0.450. The lowest BCUT2D eigenvalue weighted by Gasteiger charge is -2.16. The van der Waals surface area contributed by atoms with Crippen LogP contribution in [0.5, 0.6) is 0 Å². The van der Waals surface area contributed by atoms with Gasteiger partial charge in [-0.05, 0) is 26.2 Å². The molecule has 0 aliphatic heterocycles. The van der Waals surface area contributed by atoms with Crippen molar-refractivity contribution in [2.45, 2.75) is 53.0 Å². The molecular formula is C13H25N3. The van der Waals surface area contributed by atoms with Gasteiger partial charge in [-0.2, -0.15) is 0 Å². The smallest absolute Gasteiger partial charge is 0.203 e. The summed E-state index contributed by atoms with van der Waals surface area (Å²) in [7, 11) is 1.93. The Hall–Kier alpha value is -0.990. The monoisotopic (exact) mass is 223 g/mol. The van der Waals surface area contributed by atoms with Crippen molar-refractivity contribution in [1.82, 2.24) is 9.55 Å². The second-order valence-corrected chi connectivity index (χ2v) is 5.04. The third kappa shape index (κ3) is 3.54. The highest BCUT2D eigenvalue weighted by molar-refractivity contribution is 5.28. The quantitative estimate of drug-likeness (QED) is 0.798. The van der Waals surface area contributed by atoms with E-state index in [2.05, 4.69) is 41.8 Å². The van der Waals surface area contributed by atoms with Crippen LogP contribution in [0.3, 0.4) is 0 Å². The minimum absolute atomic E-state index is 0.530. The molecule has 0 aromatic carbocycles. The molecule has 3 heteroatoms. The number of rotatable bonds is 6. The lowest BCUT2D eigenvalue weighted by Crippen LogP contribution is -2.08. The Morgan fingerprint density at radius 3 is 2.56 bits per heavy atom. The predicted octanol–water partition coefficient (Wildman–Crippen LogP) is 3.62. The van der Waals surface area contributed by atoms with E-state index >= 15 is 0 Å². The molecule has 1 unspecified atom stereocenters. The summed E-state index contributed by atoms with van der Waals surface area (Å²) in [6.07, 6.45) is 5.96. The first-order valence-corrected chi connectivity index (χ1v) is 6.27. The van der Waals surface area contributed by atoms with Crippen LogP contribution in [-0.4, -0.2) is 16.6 Å². The Labute approximate surface area is 99.3 Å². The van der Waals surface area contributed by atoms with E-state index in [0.29, 0.717) is 6.04 Å². The summed E-state index contributed by atoms with van der Waals surface area (Å²) in [6.45, 7) is 8.87. The first kappa shape index (κ1) is 13.1. The Morgan fingerprint density at radius 2 is 2.00 bits per heavy atom. The Bertz CT molecular complexity index is 315. The first-order chi connectivity index (χ1) is 7.54. The molecule has 0 bridgehead atoms. The maximum atomic E-state index is 4.45. The highest BCUT2D eigenvalue weighted by Crippen LogP contribution is 2.21. The predicted molar refractivity (Wildman–Crippen MR) is 69.9 cm³/mol. The number of aromatic nitrogens is 2. The average Bonchev–Trinajstić information content (AvgIpc) is 2.59. The molecule has 92 valence electrons. The Balaban J connectivity index is 2.54. The Morgan fingerprint density at radius 1 is 1.31 bits per heavy atom. The van der Waals surface area contributed by atoms with Crippen molar-refractivity contribution >= 4 is 5.95 Å². The molecule has 0 saturated heterocycles. The lowest BCUT2D eigenvalue weighted by atomic mass is 10.0. The van der Waals surface area contributed by atoms with Gasteiger partial charge in [-0.25, -0.2) is 4.98 Å². The molecule has 0 amide bonds. The number of aryl methyl sites for hydroxylation is 1. The largest absolute Gasteiger partial charge is 0.359 e. The van der Waals surface area contributed by atoms with Gasteiger partial charge in [-0.1, -0.05) is 26.7 Å². The molecule has 16 heavy (non-hydrogen) atoms. The third-order valence-electron chi connectivity index (χ3n) is 2.95. The van der Waals surface area contributed by atoms with Crippen molar-refractivity contribution in [1.29, 1.82) is 0 Å². The van der Waals surface area contributed by atoms with Crippen LogP contribution in [0.25, 0.3) is 0 Å². The summed E-state index contributed by atoms with van der Waals surface area (Å²) >= 11 is 0. The maximum Gasteiger partial charge on any atom is 0.203 e. The topological polar surface area (TPSA) is 29.9 Å². The molecular weight excluding hydrogens is 198 g/mol. The summed E-state index contributed by atoms with van der Waals surface area (Å²) < 4.78 is 2.25. The zero-order valence-electron chi connectivity index (χ0n) is 11.2. The van der Waals surface area contributed by atoms with Crippen LogP contribution in [0.1, 0.15) is 51.8 Å². The van der Waals surface area contributed by atoms with E-state index in [-0.39, 0.29) is 0 Å². The molecule has 1 aromatic heterocycles. The van der Waals surface area contributed by atoms with Gasteiger partial charge >= 0.3 is 0 Å². The van der Waals surface area contributed by atoms with Crippen molar-refractivity contribution in [2.24, 2.45) is 5.92 Å². The third-order valence-corrected chi connectivity index (χ3v) is 2.95. The zero-order chi connectivity index (χ0) is 12.1. The molecule has 1 rings (SSSR count). The van der Waals surface area contributed by atoms with Gasteiger partial charge in [0.25, 0.3) is 0 Å². The minimum atomic E-state index is 0.530. The molecule has 1 aromatic rings. The van der Waals surface area contributed by atoms with Crippen molar-refractivity contribution in [3.05, 3.63) is 11.9 Å². The van der Waals surface area contributed by atoms with Crippen molar-refractivity contribution < 1.29 is 0 Å². The van der Waals surface area contributed by atoms with E-state index in [0.717, 1.165) is 17.6 Å². The van der Waals surface area contributed by atoms with Gasteiger partial charge in [0.15, 0.2) is 0 Å². The van der Waals surface area contributed by atoms with Gasteiger partial charge < -0.3 is 9.88 Å². The molecule has 1 atom stereocenters. The van der Waals surface area contributed by atoms with Gasteiger partial charge in [0.2, 0.25) is 5.95 Å². The maximum absolute atomic E-state index is 4.45. The molecule has 0 fully saturated rings. The second kappa shape index (κ2) is 5.92. The number of hydrogen-bond acceptors (Lipinski definition) is 2. The van der Waals surface area contributed by atoms with Crippen LogP contribution in [0.15, 0.2) is 6.20 Å². The van der Waals surface area contributed by atoms with Gasteiger partial charge in [0.1, 0.15) is 0 Å². The van der Waals surface area contributed by atoms with Crippen LogP contribution in [0, 0.1) is 12.8 Å². The van der Waals surface area contributed by atoms with Crippen LogP contribution >= 0.6 is 0 Å². The van der Waals surface area contributed by atoms with E-state index in [9.17, 15) is 0 Å². The van der Waals surface area contributed by atoms with Gasteiger partial charge in [-0.15, -0.1) is 0 Å². The summed E-state index contributed by atoms with van der Waals surface area (Å²) in [5.41, 5.74) is 1.08. The summed E-state index contributed by atoms with van der Waals surface area (Å²) in [6, 6.07) is 0.530. The fourth-order valence-electron chi connectivity index (χ4n) is 2.00. The molecule has 0 spiro atoms. The van der Waals surface area contributed by atoms with E-state index < -0.39 is 0 Å². The average molecular weight is 223 g/mol. The number of nitrogens with one attached hydrogen (secondary N) is 1. The summed E-state index contributed by atoms with van der Waals surface area (Å²) in [5, 5.41) is 3.15. The summed E-state index contributed by atoms with van der Waals surface area (Å²) in [4.78, 5) is 4.45. The molecule has 1 heterocycles. The van der Waals surface area contributed by atoms with E-state index in [1.54, 1.807) is 0 Å². The Kier molecular flexibility index (Phi) is 4.84. The fourth-order valence-corrected chi connectivity index (χ4v) is 2.00. The van der Waals surface area contributed by atoms with Gasteiger partial charge in [0, 0.05) is 19.3 Å². The van der Waals surface area contributed by atoms with Crippen LogP contribution < -0.4 is 5.32 Å². The van der Waals surface area contributed by atoms with Crippen molar-refractivity contribution in [3.63, 3.8) is 0 Å². The molecule has 0 aliphatic rings. The number of nitrogens with zero attached hydrogens (tertiary/aromatic N) is 2. The molecule has 3 nitrogen and oxygen atoms in total. The van der Waals surface area contributed by atoms with E-state index in [1.807, 2.05) is 14.0 Å². The standard InChI is InChI=1S/C13H25N3/c1-10(2)7-6-8-12(4)16-9-11(3)15-13(16)14-5/h9-10,12H,6-8H2,1-5H3,(H,14,15). The molecule has 0 saturated carbocycles. The minimum Gasteiger partial charge on any atom is -0.359 e. The highest BCUT2D eigenvalue weighted by atomic mass is 15.2. The summed E-state index contributed by atoms with van der Waals surface area (Å²) in [5.74, 6) is 1.79. The normalized spacial score (nSPS) is 13.1. The van der Waals surface area contributed by atoms with Crippen molar-refractivity contribution in [3.8, 4) is 0 Å². The second-order valence-electron chi connectivity index (χ2n) is 5.04.